The van der Waals surface area contributed by atoms with Crippen LogP contribution in [0.15, 0.2) is 54.6 Å². The first kappa shape index (κ1) is 19.2. The van der Waals surface area contributed by atoms with E-state index in [0.717, 1.165) is 36.1 Å². The van der Waals surface area contributed by atoms with E-state index in [0.29, 0.717) is 0 Å². The van der Waals surface area contributed by atoms with Gasteiger partial charge in [0.2, 0.25) is 11.8 Å². The number of anilines is 1. The van der Waals surface area contributed by atoms with Crippen molar-refractivity contribution in [3.63, 3.8) is 0 Å². The lowest BCUT2D eigenvalue weighted by atomic mass is 10.0. The average molecular weight is 364 g/mol. The van der Waals surface area contributed by atoms with Crippen LogP contribution in [0.3, 0.4) is 0 Å². The van der Waals surface area contributed by atoms with E-state index in [1.165, 1.54) is 0 Å². The predicted octanol–water partition coefficient (Wildman–Crippen LogP) is 4.26. The molecule has 4 heteroatoms. The Morgan fingerprint density at radius 1 is 0.963 bits per heavy atom. The maximum absolute atomic E-state index is 12.9. The number of hydrogen-bond acceptors (Lipinski definition) is 2. The second kappa shape index (κ2) is 8.38. The molecule has 0 spiro atoms. The zero-order valence-corrected chi connectivity index (χ0v) is 16.3. The lowest BCUT2D eigenvalue weighted by Crippen LogP contribution is -2.37. The second-order valence-corrected chi connectivity index (χ2v) is 7.68. The van der Waals surface area contributed by atoms with Crippen molar-refractivity contribution in [2.24, 2.45) is 11.8 Å². The van der Waals surface area contributed by atoms with Gasteiger partial charge in [0.05, 0.1) is 0 Å². The van der Waals surface area contributed by atoms with Crippen LogP contribution in [0.25, 0.3) is 11.1 Å². The van der Waals surface area contributed by atoms with Gasteiger partial charge < -0.3 is 10.2 Å². The van der Waals surface area contributed by atoms with Crippen LogP contribution in [0.1, 0.15) is 33.1 Å². The van der Waals surface area contributed by atoms with Gasteiger partial charge in [-0.3, -0.25) is 9.59 Å². The molecule has 0 heterocycles. The van der Waals surface area contributed by atoms with E-state index >= 15 is 0 Å². The minimum Gasteiger partial charge on any atom is -0.353 e. The summed E-state index contributed by atoms with van der Waals surface area (Å²) < 4.78 is 0. The van der Waals surface area contributed by atoms with Crippen LogP contribution in [0, 0.1) is 11.8 Å². The SMILES string of the molecule is CC(C)C(=O)N[C@H]1CC[C@@H](C(=O)N(C)c2ccc(-c3ccccc3)cc2)C1. The highest BCUT2D eigenvalue weighted by atomic mass is 16.2. The van der Waals surface area contributed by atoms with Gasteiger partial charge in [0, 0.05) is 30.6 Å². The molecule has 0 unspecified atom stereocenters. The monoisotopic (exact) mass is 364 g/mol. The fourth-order valence-corrected chi connectivity index (χ4v) is 3.61. The number of amides is 2. The Hall–Kier alpha value is -2.62. The van der Waals surface area contributed by atoms with Gasteiger partial charge in [-0.25, -0.2) is 0 Å². The van der Waals surface area contributed by atoms with Gasteiger partial charge in [-0.05, 0) is 42.5 Å². The predicted molar refractivity (Wildman–Crippen MR) is 109 cm³/mol. The van der Waals surface area contributed by atoms with E-state index in [1.807, 2.05) is 51.2 Å². The summed E-state index contributed by atoms with van der Waals surface area (Å²) in [6, 6.07) is 18.4. The van der Waals surface area contributed by atoms with Crippen molar-refractivity contribution in [2.45, 2.75) is 39.2 Å². The fraction of sp³-hybridized carbons (Fsp3) is 0.391. The van der Waals surface area contributed by atoms with Crippen LogP contribution in [-0.4, -0.2) is 24.9 Å². The lowest BCUT2D eigenvalue weighted by molar-refractivity contribution is -0.125. The van der Waals surface area contributed by atoms with Crippen molar-refractivity contribution in [3.8, 4) is 11.1 Å². The molecule has 1 fully saturated rings. The van der Waals surface area contributed by atoms with Gasteiger partial charge in [-0.15, -0.1) is 0 Å². The number of carbonyl (C=O) groups is 2. The first-order valence-electron chi connectivity index (χ1n) is 9.69. The summed E-state index contributed by atoms with van der Waals surface area (Å²) in [5, 5.41) is 3.06. The Morgan fingerprint density at radius 2 is 1.59 bits per heavy atom. The highest BCUT2D eigenvalue weighted by molar-refractivity contribution is 5.95. The van der Waals surface area contributed by atoms with E-state index < -0.39 is 0 Å². The van der Waals surface area contributed by atoms with Crippen LogP contribution >= 0.6 is 0 Å². The Labute approximate surface area is 161 Å². The van der Waals surface area contributed by atoms with E-state index in [-0.39, 0.29) is 29.7 Å². The van der Waals surface area contributed by atoms with E-state index in [2.05, 4.69) is 29.6 Å². The molecule has 142 valence electrons. The third-order valence-corrected chi connectivity index (χ3v) is 5.34. The molecule has 3 rings (SSSR count). The van der Waals surface area contributed by atoms with Crippen molar-refractivity contribution in [2.75, 3.05) is 11.9 Å². The highest BCUT2D eigenvalue weighted by Crippen LogP contribution is 2.30. The minimum absolute atomic E-state index is 0.0226. The number of rotatable bonds is 5. The Balaban J connectivity index is 1.61. The summed E-state index contributed by atoms with van der Waals surface area (Å²) in [6.45, 7) is 3.78. The molecule has 0 saturated heterocycles. The molecular weight excluding hydrogens is 336 g/mol. The van der Waals surface area contributed by atoms with Crippen LogP contribution in [0.2, 0.25) is 0 Å². The molecule has 1 N–H and O–H groups in total. The molecule has 2 atom stereocenters. The first-order chi connectivity index (χ1) is 13.0. The summed E-state index contributed by atoms with van der Waals surface area (Å²) in [5.74, 6) is 0.147. The van der Waals surface area contributed by atoms with Crippen molar-refractivity contribution in [3.05, 3.63) is 54.6 Å². The highest BCUT2D eigenvalue weighted by Gasteiger charge is 2.33. The first-order valence-corrected chi connectivity index (χ1v) is 9.69. The molecule has 1 aliphatic rings. The number of carbonyl (C=O) groups excluding carboxylic acids is 2. The van der Waals surface area contributed by atoms with Gasteiger partial charge in [-0.1, -0.05) is 56.3 Å². The fourth-order valence-electron chi connectivity index (χ4n) is 3.61. The molecule has 0 bridgehead atoms. The van der Waals surface area contributed by atoms with Crippen LogP contribution < -0.4 is 10.2 Å². The Kier molecular flexibility index (Phi) is 5.94. The quantitative estimate of drug-likeness (QED) is 0.862. The average Bonchev–Trinajstić information content (AvgIpc) is 3.16. The van der Waals surface area contributed by atoms with Crippen molar-refractivity contribution in [1.29, 1.82) is 0 Å². The molecule has 27 heavy (non-hydrogen) atoms. The van der Waals surface area contributed by atoms with Gasteiger partial charge in [-0.2, -0.15) is 0 Å². The molecule has 1 aliphatic carbocycles. The third kappa shape index (κ3) is 4.57. The van der Waals surface area contributed by atoms with Crippen molar-refractivity contribution >= 4 is 17.5 Å². The summed E-state index contributed by atoms with van der Waals surface area (Å²) in [7, 11) is 1.83. The molecule has 2 amide bonds. The Bertz CT molecular complexity index is 784. The van der Waals surface area contributed by atoms with E-state index in [9.17, 15) is 9.59 Å². The largest absolute Gasteiger partial charge is 0.353 e. The van der Waals surface area contributed by atoms with E-state index in [4.69, 9.17) is 0 Å². The summed E-state index contributed by atoms with van der Waals surface area (Å²) in [5.41, 5.74) is 3.20. The standard InChI is InChI=1S/C23H28N2O2/c1-16(2)22(26)24-20-12-9-19(15-20)23(27)25(3)21-13-10-18(11-14-21)17-7-5-4-6-8-17/h4-8,10-11,13-14,16,19-20H,9,12,15H2,1-3H3,(H,24,26)/t19-,20+/m1/s1. The van der Waals surface area contributed by atoms with Gasteiger partial charge in [0.1, 0.15) is 0 Å². The normalized spacial score (nSPS) is 19.1. The number of hydrogen-bond donors (Lipinski definition) is 1. The van der Waals surface area contributed by atoms with E-state index in [1.54, 1.807) is 4.90 Å². The topological polar surface area (TPSA) is 49.4 Å². The van der Waals surface area contributed by atoms with Gasteiger partial charge in [0.15, 0.2) is 0 Å². The summed E-state index contributed by atoms with van der Waals surface area (Å²) in [6.07, 6.45) is 2.42. The van der Waals surface area contributed by atoms with Crippen molar-refractivity contribution in [1.82, 2.24) is 5.32 Å². The number of benzene rings is 2. The summed E-state index contributed by atoms with van der Waals surface area (Å²) >= 11 is 0. The third-order valence-electron chi connectivity index (χ3n) is 5.34. The van der Waals surface area contributed by atoms with Crippen LogP contribution in [0.5, 0.6) is 0 Å². The molecular formula is C23H28N2O2. The number of nitrogens with zero attached hydrogens (tertiary/aromatic N) is 1. The molecule has 0 aliphatic heterocycles. The zero-order chi connectivity index (χ0) is 19.4. The molecule has 0 aromatic heterocycles. The smallest absolute Gasteiger partial charge is 0.229 e. The molecule has 2 aromatic carbocycles. The van der Waals surface area contributed by atoms with Gasteiger partial charge in [0.25, 0.3) is 0 Å². The van der Waals surface area contributed by atoms with Crippen LogP contribution in [-0.2, 0) is 9.59 Å². The maximum Gasteiger partial charge on any atom is 0.229 e. The molecule has 2 aromatic rings. The van der Waals surface area contributed by atoms with Crippen molar-refractivity contribution < 1.29 is 9.59 Å². The maximum atomic E-state index is 12.9. The minimum atomic E-state index is -0.0266. The zero-order valence-electron chi connectivity index (χ0n) is 16.3. The Morgan fingerprint density at radius 3 is 2.22 bits per heavy atom. The molecule has 1 saturated carbocycles. The second-order valence-electron chi connectivity index (χ2n) is 7.68. The molecule has 4 nitrogen and oxygen atoms in total. The molecule has 0 radical (unpaired) electrons. The van der Waals surface area contributed by atoms with Gasteiger partial charge >= 0.3 is 0 Å². The summed E-state index contributed by atoms with van der Waals surface area (Å²) in [4.78, 5) is 26.5. The van der Waals surface area contributed by atoms with Crippen LogP contribution in [0.4, 0.5) is 5.69 Å². The number of nitrogens with one attached hydrogen (secondary N) is 1. The lowest BCUT2D eigenvalue weighted by Gasteiger charge is -2.22.